The average Bonchev–Trinajstić information content (AvgIpc) is 3.39. The van der Waals surface area contributed by atoms with E-state index in [1.165, 1.54) is 17.1 Å². The fourth-order valence-electron chi connectivity index (χ4n) is 3.59. The number of imidazole rings is 1. The Hall–Kier alpha value is -2.68. The molecule has 1 fully saturated rings. The first-order chi connectivity index (χ1) is 14.2. The highest BCUT2D eigenvalue weighted by Gasteiger charge is 2.22. The van der Waals surface area contributed by atoms with Crippen LogP contribution in [-0.4, -0.2) is 69.4 Å². The van der Waals surface area contributed by atoms with E-state index < -0.39 is 0 Å². The van der Waals surface area contributed by atoms with Crippen molar-refractivity contribution in [2.75, 3.05) is 44.7 Å². The monoisotopic (exact) mass is 412 g/mol. The number of fused-ring (bicyclic) bond motifs is 1. The molecule has 4 rings (SSSR count). The summed E-state index contributed by atoms with van der Waals surface area (Å²) >= 11 is 1.50. The molecule has 0 spiro atoms. The SMILES string of the molecule is CCc1nsc(N2CCN(C(=NC)NCCc3cn4cccc(C)c4n3)CC2)n1. The van der Waals surface area contributed by atoms with E-state index in [4.69, 9.17) is 4.98 Å². The molecule has 29 heavy (non-hydrogen) atoms. The molecule has 154 valence electrons. The van der Waals surface area contributed by atoms with E-state index in [0.29, 0.717) is 0 Å². The third-order valence-electron chi connectivity index (χ3n) is 5.23. The number of guanidine groups is 1. The van der Waals surface area contributed by atoms with Gasteiger partial charge >= 0.3 is 0 Å². The van der Waals surface area contributed by atoms with E-state index in [2.05, 4.69) is 66.0 Å². The molecule has 1 aliphatic rings. The topological polar surface area (TPSA) is 74.0 Å². The van der Waals surface area contributed by atoms with Crippen molar-refractivity contribution in [1.29, 1.82) is 0 Å². The van der Waals surface area contributed by atoms with Crippen molar-refractivity contribution >= 4 is 28.3 Å². The summed E-state index contributed by atoms with van der Waals surface area (Å²) in [6.45, 7) is 8.72. The number of nitrogens with one attached hydrogen (secondary N) is 1. The number of aliphatic imine (C=N–C) groups is 1. The zero-order valence-corrected chi connectivity index (χ0v) is 18.1. The lowest BCUT2D eigenvalue weighted by molar-refractivity contribution is 0.372. The van der Waals surface area contributed by atoms with Gasteiger partial charge in [-0.1, -0.05) is 13.0 Å². The molecule has 0 atom stereocenters. The van der Waals surface area contributed by atoms with Gasteiger partial charge in [0.05, 0.1) is 5.69 Å². The minimum atomic E-state index is 0.812. The van der Waals surface area contributed by atoms with E-state index in [9.17, 15) is 0 Å². The average molecular weight is 413 g/mol. The quantitative estimate of drug-likeness (QED) is 0.510. The van der Waals surface area contributed by atoms with Crippen LogP contribution in [0.15, 0.2) is 29.5 Å². The Kier molecular flexibility index (Phi) is 5.94. The Bertz CT molecular complexity index is 983. The fraction of sp³-hybridized carbons (Fsp3) is 0.500. The number of rotatable bonds is 5. The van der Waals surface area contributed by atoms with Gasteiger partial charge in [-0.2, -0.15) is 4.37 Å². The lowest BCUT2D eigenvalue weighted by Gasteiger charge is -2.36. The number of anilines is 1. The van der Waals surface area contributed by atoms with Gasteiger partial charge in [-0.15, -0.1) is 0 Å². The molecular weight excluding hydrogens is 384 g/mol. The maximum Gasteiger partial charge on any atom is 0.205 e. The molecule has 3 aromatic heterocycles. The van der Waals surface area contributed by atoms with Crippen molar-refractivity contribution in [1.82, 2.24) is 29.0 Å². The Morgan fingerprint density at radius 3 is 2.76 bits per heavy atom. The van der Waals surface area contributed by atoms with Crippen LogP contribution in [0, 0.1) is 6.92 Å². The summed E-state index contributed by atoms with van der Waals surface area (Å²) in [7, 11) is 1.85. The predicted molar refractivity (Wildman–Crippen MR) is 118 cm³/mol. The van der Waals surface area contributed by atoms with E-state index >= 15 is 0 Å². The normalized spacial score (nSPS) is 15.3. The van der Waals surface area contributed by atoms with Crippen LogP contribution in [-0.2, 0) is 12.8 Å². The van der Waals surface area contributed by atoms with Gasteiger partial charge in [0.1, 0.15) is 11.5 Å². The standard InChI is InChI=1S/C20H28N8S/c1-4-17-24-20(29-25-17)27-12-10-26(11-13-27)19(21-3)22-8-7-16-14-28-9-5-6-15(2)18(28)23-16/h5-6,9,14H,4,7-8,10-13H2,1-3H3,(H,21,22). The summed E-state index contributed by atoms with van der Waals surface area (Å²) in [6.07, 6.45) is 5.91. The zero-order chi connectivity index (χ0) is 20.2. The minimum Gasteiger partial charge on any atom is -0.356 e. The molecule has 3 aromatic rings. The molecule has 1 N–H and O–H groups in total. The van der Waals surface area contributed by atoms with Crippen LogP contribution in [0.5, 0.6) is 0 Å². The molecule has 8 nitrogen and oxygen atoms in total. The van der Waals surface area contributed by atoms with Crippen LogP contribution in [0.4, 0.5) is 5.13 Å². The first kappa shape index (κ1) is 19.6. The van der Waals surface area contributed by atoms with Crippen LogP contribution >= 0.6 is 11.5 Å². The molecule has 0 aliphatic carbocycles. The molecular formula is C20H28N8S. The number of piperazine rings is 1. The lowest BCUT2D eigenvalue weighted by atomic mass is 10.3. The van der Waals surface area contributed by atoms with Crippen molar-refractivity contribution in [3.05, 3.63) is 41.6 Å². The van der Waals surface area contributed by atoms with Crippen LogP contribution < -0.4 is 10.2 Å². The molecule has 0 bridgehead atoms. The van der Waals surface area contributed by atoms with E-state index in [1.807, 2.05) is 13.2 Å². The van der Waals surface area contributed by atoms with Gasteiger partial charge in [-0.05, 0) is 18.6 Å². The number of pyridine rings is 1. The number of nitrogens with zero attached hydrogens (tertiary/aromatic N) is 7. The Balaban J connectivity index is 1.29. The van der Waals surface area contributed by atoms with Gasteiger partial charge < -0.3 is 19.5 Å². The van der Waals surface area contributed by atoms with Gasteiger partial charge in [0.2, 0.25) is 5.13 Å². The molecule has 0 aromatic carbocycles. The maximum atomic E-state index is 4.75. The van der Waals surface area contributed by atoms with Crippen molar-refractivity contribution in [3.63, 3.8) is 0 Å². The maximum absolute atomic E-state index is 4.75. The summed E-state index contributed by atoms with van der Waals surface area (Å²) in [4.78, 5) is 18.5. The van der Waals surface area contributed by atoms with E-state index in [1.54, 1.807) is 0 Å². The predicted octanol–water partition coefficient (Wildman–Crippen LogP) is 2.00. The summed E-state index contributed by atoms with van der Waals surface area (Å²) in [5.74, 6) is 1.89. The van der Waals surface area contributed by atoms with Crippen LogP contribution in [0.3, 0.4) is 0 Å². The molecule has 4 heterocycles. The summed E-state index contributed by atoms with van der Waals surface area (Å²) < 4.78 is 6.50. The highest BCUT2D eigenvalue weighted by molar-refractivity contribution is 7.09. The smallest absolute Gasteiger partial charge is 0.205 e. The van der Waals surface area contributed by atoms with E-state index in [-0.39, 0.29) is 0 Å². The second-order valence-corrected chi connectivity index (χ2v) is 7.93. The molecule has 1 saturated heterocycles. The molecule has 0 amide bonds. The molecule has 0 radical (unpaired) electrons. The molecule has 9 heteroatoms. The van der Waals surface area contributed by atoms with Crippen LogP contribution in [0.1, 0.15) is 24.0 Å². The lowest BCUT2D eigenvalue weighted by Crippen LogP contribution is -2.52. The zero-order valence-electron chi connectivity index (χ0n) is 17.3. The van der Waals surface area contributed by atoms with Gasteiger partial charge in [0, 0.05) is 76.5 Å². The van der Waals surface area contributed by atoms with Crippen molar-refractivity contribution < 1.29 is 0 Å². The Morgan fingerprint density at radius 1 is 1.24 bits per heavy atom. The van der Waals surface area contributed by atoms with Crippen LogP contribution in [0.2, 0.25) is 0 Å². The fourth-order valence-corrected chi connectivity index (χ4v) is 4.39. The van der Waals surface area contributed by atoms with Crippen molar-refractivity contribution in [2.24, 2.45) is 4.99 Å². The third-order valence-corrected chi connectivity index (χ3v) is 6.04. The third kappa shape index (κ3) is 4.34. The van der Waals surface area contributed by atoms with Gasteiger partial charge in [0.25, 0.3) is 0 Å². The molecule has 0 unspecified atom stereocenters. The van der Waals surface area contributed by atoms with Gasteiger partial charge in [0.15, 0.2) is 5.96 Å². The minimum absolute atomic E-state index is 0.812. The largest absolute Gasteiger partial charge is 0.356 e. The van der Waals surface area contributed by atoms with E-state index in [0.717, 1.165) is 73.8 Å². The van der Waals surface area contributed by atoms with Crippen molar-refractivity contribution in [3.8, 4) is 0 Å². The number of hydrogen-bond donors (Lipinski definition) is 1. The summed E-state index contributed by atoms with van der Waals surface area (Å²) in [6, 6.07) is 4.15. The van der Waals surface area contributed by atoms with Crippen LogP contribution in [0.25, 0.3) is 5.65 Å². The second kappa shape index (κ2) is 8.77. The van der Waals surface area contributed by atoms with Gasteiger partial charge in [-0.3, -0.25) is 4.99 Å². The summed E-state index contributed by atoms with van der Waals surface area (Å²) in [5, 5.41) is 4.53. The first-order valence-electron chi connectivity index (χ1n) is 10.1. The highest BCUT2D eigenvalue weighted by atomic mass is 32.1. The first-order valence-corrected chi connectivity index (χ1v) is 10.9. The number of aryl methyl sites for hydroxylation is 2. The summed E-state index contributed by atoms with van der Waals surface area (Å²) in [5.41, 5.74) is 3.32. The van der Waals surface area contributed by atoms with Gasteiger partial charge in [-0.25, -0.2) is 9.97 Å². The number of hydrogen-bond acceptors (Lipinski definition) is 6. The second-order valence-electron chi connectivity index (χ2n) is 7.20. The number of aromatic nitrogens is 4. The highest BCUT2D eigenvalue weighted by Crippen LogP contribution is 2.19. The Labute approximate surface area is 175 Å². The molecule has 0 saturated carbocycles. The van der Waals surface area contributed by atoms with Crippen molar-refractivity contribution in [2.45, 2.75) is 26.7 Å². The molecule has 1 aliphatic heterocycles. The Morgan fingerprint density at radius 2 is 2.07 bits per heavy atom.